The number of para-hydroxylation sites is 2. The molecule has 1 aliphatic heterocycles. The van der Waals surface area contributed by atoms with Crippen molar-refractivity contribution in [3.05, 3.63) is 106 Å². The first-order valence-electron chi connectivity index (χ1n) is 9.42. The first-order chi connectivity index (χ1) is 15.4. The Bertz CT molecular complexity index is 1250. The van der Waals surface area contributed by atoms with Crippen LogP contribution in [0.5, 0.6) is 5.75 Å². The molecule has 0 aromatic heterocycles. The number of carbonyl (C=O) groups is 3. The molecule has 0 saturated carbocycles. The highest BCUT2D eigenvalue weighted by Crippen LogP contribution is 2.26. The molecule has 3 aromatic carbocycles. The fraction of sp³-hybridized carbons (Fsp3) is 0. The molecule has 0 unspecified atom stereocenters. The zero-order valence-electron chi connectivity index (χ0n) is 16.4. The summed E-state index contributed by atoms with van der Waals surface area (Å²) in [5.41, 5.74) is 3.20. The van der Waals surface area contributed by atoms with Crippen molar-refractivity contribution < 1.29 is 24.0 Å². The number of carbonyl (C=O) groups excluding carboxylic acids is 3. The molecule has 4 rings (SSSR count). The fourth-order valence-electron chi connectivity index (χ4n) is 3.04. The summed E-state index contributed by atoms with van der Waals surface area (Å²) in [6.07, 6.45) is 1.35. The largest absolute Gasteiger partial charge is 0.422 e. The van der Waals surface area contributed by atoms with E-state index in [1.807, 2.05) is 0 Å². The van der Waals surface area contributed by atoms with Gasteiger partial charge in [-0.05, 0) is 36.4 Å². The van der Waals surface area contributed by atoms with Crippen LogP contribution in [0.1, 0.15) is 15.9 Å². The first-order valence-corrected chi connectivity index (χ1v) is 9.42. The Morgan fingerprint density at radius 3 is 2.28 bits per heavy atom. The molecule has 0 radical (unpaired) electrons. The molecule has 0 atom stereocenters. The fourth-order valence-corrected chi connectivity index (χ4v) is 3.04. The Balaban J connectivity index is 1.59. The molecule has 9 nitrogen and oxygen atoms in total. The van der Waals surface area contributed by atoms with E-state index in [1.54, 1.807) is 48.5 Å². The number of ether oxygens (including phenoxy) is 1. The molecular formula is C23H15N3O6. The molecule has 2 amide bonds. The second kappa shape index (κ2) is 8.52. The van der Waals surface area contributed by atoms with Crippen molar-refractivity contribution in [1.82, 2.24) is 5.43 Å². The minimum atomic E-state index is -0.737. The van der Waals surface area contributed by atoms with Crippen molar-refractivity contribution >= 4 is 35.2 Å². The van der Waals surface area contributed by atoms with E-state index in [4.69, 9.17) is 4.74 Å². The predicted octanol–water partition coefficient (Wildman–Crippen LogP) is 3.28. The second-order valence-corrected chi connectivity index (χ2v) is 6.71. The Morgan fingerprint density at radius 2 is 1.59 bits per heavy atom. The summed E-state index contributed by atoms with van der Waals surface area (Å²) in [6.45, 7) is 0. The van der Waals surface area contributed by atoms with Gasteiger partial charge in [0.05, 0.1) is 16.2 Å². The Kier molecular flexibility index (Phi) is 5.45. The number of hydrazine groups is 1. The second-order valence-electron chi connectivity index (χ2n) is 6.71. The molecule has 1 N–H and O–H groups in total. The summed E-state index contributed by atoms with van der Waals surface area (Å²) in [6, 6.07) is 20.0. The molecule has 1 aliphatic rings. The van der Waals surface area contributed by atoms with Crippen LogP contribution in [-0.2, 0) is 9.59 Å². The van der Waals surface area contributed by atoms with E-state index < -0.39 is 22.7 Å². The zero-order valence-corrected chi connectivity index (χ0v) is 16.4. The van der Waals surface area contributed by atoms with Gasteiger partial charge in [-0.15, -0.1) is 0 Å². The van der Waals surface area contributed by atoms with E-state index in [0.29, 0.717) is 11.3 Å². The Hall–Kier alpha value is -4.79. The van der Waals surface area contributed by atoms with Gasteiger partial charge in [-0.25, -0.2) is 9.80 Å². The van der Waals surface area contributed by atoms with Crippen LogP contribution in [0.3, 0.4) is 0 Å². The average molecular weight is 429 g/mol. The van der Waals surface area contributed by atoms with Crippen LogP contribution in [0.4, 0.5) is 11.4 Å². The van der Waals surface area contributed by atoms with Crippen molar-refractivity contribution in [2.45, 2.75) is 0 Å². The predicted molar refractivity (Wildman–Crippen MR) is 115 cm³/mol. The molecule has 3 aromatic rings. The third kappa shape index (κ3) is 4.08. The number of hydrogen-bond donors (Lipinski definition) is 1. The van der Waals surface area contributed by atoms with Crippen molar-refractivity contribution in [3.63, 3.8) is 0 Å². The highest BCUT2D eigenvalue weighted by molar-refractivity contribution is 6.31. The quantitative estimate of drug-likeness (QED) is 0.166. The number of benzene rings is 3. The summed E-state index contributed by atoms with van der Waals surface area (Å²) < 4.78 is 5.41. The molecule has 0 spiro atoms. The SMILES string of the molecule is O=C1NN(c2ccccc2)C(=O)C1=Cc1ccccc1OC(=O)c1ccc([N+](=O)[O-])cc1. The zero-order chi connectivity index (χ0) is 22.7. The van der Waals surface area contributed by atoms with Crippen LogP contribution in [0, 0.1) is 10.1 Å². The average Bonchev–Trinajstić information content (AvgIpc) is 3.09. The number of esters is 1. The third-order valence-electron chi connectivity index (χ3n) is 4.64. The van der Waals surface area contributed by atoms with Crippen molar-refractivity contribution in [1.29, 1.82) is 0 Å². The lowest BCUT2D eigenvalue weighted by Crippen LogP contribution is -2.35. The van der Waals surface area contributed by atoms with Crippen molar-refractivity contribution in [2.75, 3.05) is 5.01 Å². The Labute approximate surface area is 181 Å². The highest BCUT2D eigenvalue weighted by atomic mass is 16.6. The van der Waals surface area contributed by atoms with Gasteiger partial charge in [-0.3, -0.25) is 25.1 Å². The molecule has 0 bridgehead atoms. The van der Waals surface area contributed by atoms with Gasteiger partial charge in [0.15, 0.2) is 0 Å². The molecule has 1 heterocycles. The molecule has 1 saturated heterocycles. The van der Waals surface area contributed by atoms with Gasteiger partial charge in [-0.1, -0.05) is 36.4 Å². The molecule has 1 fully saturated rings. The van der Waals surface area contributed by atoms with E-state index in [9.17, 15) is 24.5 Å². The van der Waals surface area contributed by atoms with Gasteiger partial charge in [-0.2, -0.15) is 0 Å². The number of anilines is 1. The highest BCUT2D eigenvalue weighted by Gasteiger charge is 2.34. The maximum atomic E-state index is 12.8. The van der Waals surface area contributed by atoms with E-state index >= 15 is 0 Å². The molecule has 0 aliphatic carbocycles. The van der Waals surface area contributed by atoms with E-state index in [2.05, 4.69) is 5.43 Å². The van der Waals surface area contributed by atoms with Gasteiger partial charge >= 0.3 is 5.97 Å². The normalized spacial score (nSPS) is 14.4. The number of non-ortho nitro benzene ring substituents is 1. The van der Waals surface area contributed by atoms with Gasteiger partial charge < -0.3 is 4.74 Å². The molecular weight excluding hydrogens is 414 g/mol. The first kappa shape index (κ1) is 20.5. The van der Waals surface area contributed by atoms with Crippen molar-refractivity contribution in [3.8, 4) is 5.75 Å². The third-order valence-corrected chi connectivity index (χ3v) is 4.64. The maximum absolute atomic E-state index is 12.8. The Morgan fingerprint density at radius 1 is 0.938 bits per heavy atom. The summed E-state index contributed by atoms with van der Waals surface area (Å²) >= 11 is 0. The van der Waals surface area contributed by atoms with Gasteiger partial charge in [0.25, 0.3) is 17.5 Å². The van der Waals surface area contributed by atoms with E-state index in [-0.39, 0.29) is 22.6 Å². The number of nitro benzene ring substituents is 1. The topological polar surface area (TPSA) is 119 Å². The van der Waals surface area contributed by atoms with Crippen LogP contribution < -0.4 is 15.2 Å². The maximum Gasteiger partial charge on any atom is 0.343 e. The number of rotatable bonds is 5. The number of nitrogens with zero attached hydrogens (tertiary/aromatic N) is 2. The summed E-state index contributed by atoms with van der Waals surface area (Å²) in [4.78, 5) is 47.9. The molecule has 9 heteroatoms. The van der Waals surface area contributed by atoms with Crippen LogP contribution in [-0.4, -0.2) is 22.7 Å². The lowest BCUT2D eigenvalue weighted by atomic mass is 10.1. The van der Waals surface area contributed by atoms with Gasteiger partial charge in [0, 0.05) is 17.7 Å². The van der Waals surface area contributed by atoms with E-state index in [0.717, 1.165) is 5.01 Å². The van der Waals surface area contributed by atoms with Crippen LogP contribution in [0.2, 0.25) is 0 Å². The lowest BCUT2D eigenvalue weighted by molar-refractivity contribution is -0.384. The minimum absolute atomic E-state index is 0.114. The summed E-state index contributed by atoms with van der Waals surface area (Å²) in [5, 5.41) is 11.9. The van der Waals surface area contributed by atoms with Crippen molar-refractivity contribution in [2.24, 2.45) is 0 Å². The van der Waals surface area contributed by atoms with Crippen LogP contribution in [0.25, 0.3) is 6.08 Å². The van der Waals surface area contributed by atoms with E-state index in [1.165, 1.54) is 36.4 Å². The van der Waals surface area contributed by atoms with Crippen LogP contribution in [0.15, 0.2) is 84.4 Å². The smallest absolute Gasteiger partial charge is 0.343 e. The van der Waals surface area contributed by atoms with Gasteiger partial charge in [0.2, 0.25) is 0 Å². The number of nitrogens with one attached hydrogen (secondary N) is 1. The minimum Gasteiger partial charge on any atom is -0.422 e. The summed E-state index contributed by atoms with van der Waals surface area (Å²) in [7, 11) is 0. The molecule has 32 heavy (non-hydrogen) atoms. The molecule has 158 valence electrons. The summed E-state index contributed by atoms with van der Waals surface area (Å²) in [5.74, 6) is -1.74. The standard InChI is InChI=1S/C23H15N3O6/c27-21-19(22(28)25(24-21)17-7-2-1-3-8-17)14-16-6-4-5-9-20(16)32-23(29)15-10-12-18(13-11-15)26(30)31/h1-14H,(H,24,27). The van der Waals surface area contributed by atoms with Crippen LogP contribution >= 0.6 is 0 Å². The lowest BCUT2D eigenvalue weighted by Gasteiger charge is -2.13. The number of nitro groups is 1. The van der Waals surface area contributed by atoms with Gasteiger partial charge in [0.1, 0.15) is 11.3 Å². The number of hydrogen-bond acceptors (Lipinski definition) is 6. The monoisotopic (exact) mass is 429 g/mol. The number of amides is 2.